The molecule has 0 amide bonds. The van der Waals surface area contributed by atoms with E-state index >= 15 is 0 Å². The first-order valence-electron chi connectivity index (χ1n) is 17.1. The molecule has 2 aromatic heterocycles. The van der Waals surface area contributed by atoms with Gasteiger partial charge in [-0.2, -0.15) is 0 Å². The normalized spacial score (nSPS) is 11.6. The monoisotopic (exact) mass is 652 g/mol. The number of nitrogens with zero attached hydrogens (tertiary/aromatic N) is 4. The van der Waals surface area contributed by atoms with Crippen molar-refractivity contribution in [2.75, 3.05) is 0 Å². The number of pyridine rings is 1. The fourth-order valence-electron chi connectivity index (χ4n) is 7.12. The van der Waals surface area contributed by atoms with Gasteiger partial charge in [0, 0.05) is 33.8 Å². The van der Waals surface area contributed by atoms with Crippen LogP contribution in [0.25, 0.3) is 94.6 Å². The van der Waals surface area contributed by atoms with Crippen LogP contribution >= 0.6 is 0 Å². The number of hydrogen-bond acceptors (Lipinski definition) is 4. The van der Waals surface area contributed by atoms with Crippen molar-refractivity contribution in [2.24, 2.45) is 0 Å². The van der Waals surface area contributed by atoms with E-state index in [4.69, 9.17) is 15.0 Å². The van der Waals surface area contributed by atoms with Crippen molar-refractivity contribution in [1.29, 1.82) is 0 Å². The standard InChI is InChI=1S/C47H32N4/c1-3-4-16-37-30(2)42(27-33-13-5-8-17-38(33)37)46-49-45(32-24-22-31(23-25-32)36-26-35-15-7-12-21-44(35)48-29-36)50-47(51-46)43-28-34-14-6-9-18-39(34)40-19-10-11-20-41(40)43/h3-29H,1H2,2H3/b16-4-. The average Bonchev–Trinajstić information content (AvgIpc) is 3.19. The Morgan fingerprint density at radius 2 is 1.06 bits per heavy atom. The molecule has 0 bridgehead atoms. The van der Waals surface area contributed by atoms with Crippen LogP contribution in [0.1, 0.15) is 11.1 Å². The summed E-state index contributed by atoms with van der Waals surface area (Å²) in [5.74, 6) is 1.88. The number of fused-ring (bicyclic) bond motifs is 5. The topological polar surface area (TPSA) is 51.6 Å². The van der Waals surface area contributed by atoms with E-state index in [-0.39, 0.29) is 0 Å². The molecule has 0 aliphatic rings. The lowest BCUT2D eigenvalue weighted by Gasteiger charge is -2.15. The summed E-state index contributed by atoms with van der Waals surface area (Å²) >= 11 is 0. The van der Waals surface area contributed by atoms with E-state index in [0.29, 0.717) is 17.5 Å². The maximum Gasteiger partial charge on any atom is 0.164 e. The Kier molecular flexibility index (Phi) is 7.48. The van der Waals surface area contributed by atoms with Crippen molar-refractivity contribution in [1.82, 2.24) is 19.9 Å². The third-order valence-corrected chi connectivity index (χ3v) is 9.71. The summed E-state index contributed by atoms with van der Waals surface area (Å²) in [6.45, 7) is 6.06. The molecule has 0 radical (unpaired) electrons. The largest absolute Gasteiger partial charge is 0.256 e. The molecule has 51 heavy (non-hydrogen) atoms. The zero-order chi connectivity index (χ0) is 34.3. The van der Waals surface area contributed by atoms with Gasteiger partial charge in [-0.1, -0.05) is 140 Å². The van der Waals surface area contributed by atoms with Gasteiger partial charge in [0.15, 0.2) is 17.5 Å². The Hall–Kier alpha value is -6.78. The Bertz CT molecular complexity index is 2830. The Balaban J connectivity index is 1.27. The smallest absolute Gasteiger partial charge is 0.164 e. The van der Waals surface area contributed by atoms with E-state index in [1.54, 1.807) is 0 Å². The van der Waals surface area contributed by atoms with Crippen LogP contribution in [0.3, 0.4) is 0 Å². The van der Waals surface area contributed by atoms with Gasteiger partial charge < -0.3 is 0 Å². The SMILES string of the molecule is C=C/C=C\c1c(C)c(-c2nc(-c3ccc(-c4cnc5ccccc5c4)cc3)nc(-c3cc4ccccc4c4ccccc34)n2)cc2ccccc12. The maximum atomic E-state index is 5.26. The molecule has 0 saturated heterocycles. The van der Waals surface area contributed by atoms with Crippen LogP contribution in [0.5, 0.6) is 0 Å². The highest BCUT2D eigenvalue weighted by Crippen LogP contribution is 2.37. The van der Waals surface area contributed by atoms with Crippen LogP contribution in [0.4, 0.5) is 0 Å². The third kappa shape index (κ3) is 5.44. The highest BCUT2D eigenvalue weighted by molar-refractivity contribution is 6.13. The van der Waals surface area contributed by atoms with E-state index < -0.39 is 0 Å². The first kappa shape index (κ1) is 30.3. The number of rotatable bonds is 6. The molecule has 0 spiro atoms. The summed E-state index contributed by atoms with van der Waals surface area (Å²) in [7, 11) is 0. The molecule has 240 valence electrons. The van der Waals surface area contributed by atoms with Crippen molar-refractivity contribution in [3.05, 3.63) is 176 Å². The molecule has 0 N–H and O–H groups in total. The number of aromatic nitrogens is 4. The second-order valence-corrected chi connectivity index (χ2v) is 12.8. The molecule has 9 rings (SSSR count). The molecule has 4 heteroatoms. The number of para-hydroxylation sites is 1. The van der Waals surface area contributed by atoms with Gasteiger partial charge in [-0.25, -0.2) is 15.0 Å². The van der Waals surface area contributed by atoms with Gasteiger partial charge in [-0.3, -0.25) is 4.98 Å². The van der Waals surface area contributed by atoms with Crippen molar-refractivity contribution < 1.29 is 0 Å². The minimum Gasteiger partial charge on any atom is -0.256 e. The first-order valence-corrected chi connectivity index (χ1v) is 17.1. The minimum absolute atomic E-state index is 0.617. The van der Waals surface area contributed by atoms with Crippen LogP contribution in [-0.4, -0.2) is 19.9 Å². The van der Waals surface area contributed by atoms with Gasteiger partial charge in [0.1, 0.15) is 0 Å². The zero-order valence-corrected chi connectivity index (χ0v) is 28.1. The summed E-state index contributed by atoms with van der Waals surface area (Å²) in [5.41, 5.74) is 8.19. The molecule has 0 saturated carbocycles. The van der Waals surface area contributed by atoms with Crippen LogP contribution in [0, 0.1) is 6.92 Å². The third-order valence-electron chi connectivity index (χ3n) is 9.71. The number of benzene rings is 7. The molecule has 0 fully saturated rings. The quantitative estimate of drug-likeness (QED) is 0.132. The number of hydrogen-bond donors (Lipinski definition) is 0. The highest BCUT2D eigenvalue weighted by Gasteiger charge is 2.19. The van der Waals surface area contributed by atoms with E-state index in [2.05, 4.69) is 146 Å². The molecule has 7 aromatic carbocycles. The highest BCUT2D eigenvalue weighted by atomic mass is 15.0. The van der Waals surface area contributed by atoms with E-state index in [1.165, 1.54) is 16.2 Å². The molecule has 0 aliphatic heterocycles. The minimum atomic E-state index is 0.617. The summed E-state index contributed by atoms with van der Waals surface area (Å²) in [6.07, 6.45) is 7.84. The molecule has 0 aliphatic carbocycles. The summed E-state index contributed by atoms with van der Waals surface area (Å²) < 4.78 is 0. The van der Waals surface area contributed by atoms with E-state index in [9.17, 15) is 0 Å². The van der Waals surface area contributed by atoms with Crippen LogP contribution in [0.2, 0.25) is 0 Å². The second-order valence-electron chi connectivity index (χ2n) is 12.8. The van der Waals surface area contributed by atoms with Gasteiger partial charge >= 0.3 is 0 Å². The Labute approximate surface area is 296 Å². The predicted octanol–water partition coefficient (Wildman–Crippen LogP) is 12.1. The zero-order valence-electron chi connectivity index (χ0n) is 28.1. The summed E-state index contributed by atoms with van der Waals surface area (Å²) in [6, 6.07) is 48.7. The maximum absolute atomic E-state index is 5.26. The van der Waals surface area contributed by atoms with Crippen molar-refractivity contribution in [3.8, 4) is 45.3 Å². The summed E-state index contributed by atoms with van der Waals surface area (Å²) in [5, 5.41) is 8.02. The predicted molar refractivity (Wildman–Crippen MR) is 213 cm³/mol. The molecule has 0 atom stereocenters. The molecule has 4 nitrogen and oxygen atoms in total. The molecular formula is C47H32N4. The first-order chi connectivity index (χ1) is 25.1. The molecule has 2 heterocycles. The van der Waals surface area contributed by atoms with Crippen molar-refractivity contribution in [2.45, 2.75) is 6.92 Å². The van der Waals surface area contributed by atoms with Gasteiger partial charge in [0.05, 0.1) is 5.52 Å². The van der Waals surface area contributed by atoms with Crippen LogP contribution < -0.4 is 0 Å². The summed E-state index contributed by atoms with van der Waals surface area (Å²) in [4.78, 5) is 20.3. The molecule has 0 unspecified atom stereocenters. The Morgan fingerprint density at radius 3 is 1.82 bits per heavy atom. The van der Waals surface area contributed by atoms with E-state index in [0.717, 1.165) is 66.0 Å². The molecular weight excluding hydrogens is 621 g/mol. The van der Waals surface area contributed by atoms with Crippen LogP contribution in [-0.2, 0) is 0 Å². The molecule has 9 aromatic rings. The van der Waals surface area contributed by atoms with Crippen LogP contribution in [0.15, 0.2) is 164 Å². The van der Waals surface area contributed by atoms with Gasteiger partial charge in [0.2, 0.25) is 0 Å². The van der Waals surface area contributed by atoms with Crippen molar-refractivity contribution in [3.63, 3.8) is 0 Å². The lowest BCUT2D eigenvalue weighted by Crippen LogP contribution is -2.02. The fraction of sp³-hybridized carbons (Fsp3) is 0.0213. The lowest BCUT2D eigenvalue weighted by atomic mass is 9.93. The van der Waals surface area contributed by atoms with E-state index in [1.807, 2.05) is 36.5 Å². The lowest BCUT2D eigenvalue weighted by molar-refractivity contribution is 1.07. The number of allylic oxidation sites excluding steroid dienone is 2. The average molecular weight is 653 g/mol. The Morgan fingerprint density at radius 1 is 0.490 bits per heavy atom. The van der Waals surface area contributed by atoms with Gasteiger partial charge in [-0.05, 0) is 80.2 Å². The second kappa shape index (κ2) is 12.6. The fourth-order valence-corrected chi connectivity index (χ4v) is 7.12. The van der Waals surface area contributed by atoms with Gasteiger partial charge in [0.25, 0.3) is 0 Å². The van der Waals surface area contributed by atoms with Crippen molar-refractivity contribution >= 4 is 49.3 Å². The van der Waals surface area contributed by atoms with Gasteiger partial charge in [-0.15, -0.1) is 0 Å².